The van der Waals surface area contributed by atoms with Crippen molar-refractivity contribution >= 4 is 28.3 Å². The zero-order valence-electron chi connectivity index (χ0n) is 18.0. The van der Waals surface area contributed by atoms with Crippen LogP contribution in [0.25, 0.3) is 0 Å². The Kier molecular flexibility index (Phi) is 15.0. The van der Waals surface area contributed by atoms with Gasteiger partial charge in [0.25, 0.3) is 0 Å². The van der Waals surface area contributed by atoms with Crippen LogP contribution >= 0.6 is 11.3 Å². The molecule has 1 rings (SSSR count). The number of carboxylic acid groups (broad SMARTS) is 1. The molecule has 1 heterocycles. The number of carbonyl (C=O) groups excluding carboxylic acids is 1. The molecule has 6 heteroatoms. The van der Waals surface area contributed by atoms with Crippen LogP contribution in [-0.2, 0) is 16.0 Å². The number of anilines is 1. The minimum atomic E-state index is -0.915. The molecule has 0 unspecified atom stereocenters. The smallest absolute Gasteiger partial charge is 0.309 e. The molecule has 0 saturated carbocycles. The number of nitrogens with zero attached hydrogens (tertiary/aromatic N) is 1. The van der Waals surface area contributed by atoms with Crippen LogP contribution in [0, 0.1) is 0 Å². The molecule has 0 bridgehead atoms. The number of amides is 1. The number of aliphatic carboxylic acids is 1. The molecule has 5 nitrogen and oxygen atoms in total. The number of unbranched alkanes of at least 4 members (excludes halogenated alkanes) is 11. The zero-order chi connectivity index (χ0) is 21.2. The monoisotopic (exact) mass is 422 g/mol. The lowest BCUT2D eigenvalue weighted by atomic mass is 10.1. The van der Waals surface area contributed by atoms with Crippen molar-refractivity contribution in [3.8, 4) is 0 Å². The molecule has 0 fully saturated rings. The first-order chi connectivity index (χ1) is 14.1. The molecule has 1 amide bonds. The van der Waals surface area contributed by atoms with Gasteiger partial charge in [0.05, 0.1) is 12.1 Å². The van der Waals surface area contributed by atoms with Crippen LogP contribution in [-0.4, -0.2) is 22.0 Å². The lowest BCUT2D eigenvalue weighted by molar-refractivity contribution is -0.136. The van der Waals surface area contributed by atoms with Gasteiger partial charge in [-0.3, -0.25) is 9.59 Å². The maximum Gasteiger partial charge on any atom is 0.309 e. The highest BCUT2D eigenvalue weighted by molar-refractivity contribution is 7.13. The van der Waals surface area contributed by atoms with E-state index in [1.807, 2.05) is 0 Å². The Morgan fingerprint density at radius 1 is 0.966 bits per heavy atom. The minimum Gasteiger partial charge on any atom is -0.481 e. The summed E-state index contributed by atoms with van der Waals surface area (Å²) >= 11 is 1.27. The van der Waals surface area contributed by atoms with Crippen molar-refractivity contribution in [2.24, 2.45) is 0 Å². The second-order valence-corrected chi connectivity index (χ2v) is 8.46. The van der Waals surface area contributed by atoms with Crippen molar-refractivity contribution in [1.29, 1.82) is 0 Å². The van der Waals surface area contributed by atoms with Gasteiger partial charge in [-0.2, -0.15) is 0 Å². The summed E-state index contributed by atoms with van der Waals surface area (Å²) in [6.45, 7) is 2.26. The summed E-state index contributed by atoms with van der Waals surface area (Å²) in [6, 6.07) is 0. The molecular formula is C23H38N2O3S. The van der Waals surface area contributed by atoms with E-state index >= 15 is 0 Å². The van der Waals surface area contributed by atoms with Crippen LogP contribution in [0.5, 0.6) is 0 Å². The quantitative estimate of drug-likeness (QED) is 0.203. The van der Waals surface area contributed by atoms with Gasteiger partial charge in [-0.1, -0.05) is 70.4 Å². The Balaban J connectivity index is 1.91. The second-order valence-electron chi connectivity index (χ2n) is 7.60. The van der Waals surface area contributed by atoms with E-state index in [1.54, 1.807) is 5.38 Å². The lowest BCUT2D eigenvalue weighted by Gasteiger charge is -2.02. The number of hydrogen-bond acceptors (Lipinski definition) is 4. The van der Waals surface area contributed by atoms with E-state index in [9.17, 15) is 9.59 Å². The summed E-state index contributed by atoms with van der Waals surface area (Å²) in [5.41, 5.74) is 0.485. The molecule has 1 aromatic rings. The topological polar surface area (TPSA) is 79.3 Å². The predicted molar refractivity (Wildman–Crippen MR) is 122 cm³/mol. The summed E-state index contributed by atoms with van der Waals surface area (Å²) < 4.78 is 0. The Hall–Kier alpha value is -1.69. The van der Waals surface area contributed by atoms with Gasteiger partial charge in [-0.25, -0.2) is 4.98 Å². The average Bonchev–Trinajstić information content (AvgIpc) is 3.10. The van der Waals surface area contributed by atoms with E-state index in [0.717, 1.165) is 12.8 Å². The number of carbonyl (C=O) groups is 2. The molecular weight excluding hydrogens is 384 g/mol. The van der Waals surface area contributed by atoms with Gasteiger partial charge in [-0.05, 0) is 32.1 Å². The van der Waals surface area contributed by atoms with Crippen molar-refractivity contribution in [2.75, 3.05) is 5.32 Å². The van der Waals surface area contributed by atoms with E-state index < -0.39 is 5.97 Å². The fraction of sp³-hybridized carbons (Fsp3) is 0.696. The molecule has 0 atom stereocenters. The van der Waals surface area contributed by atoms with Crippen molar-refractivity contribution in [3.05, 3.63) is 23.2 Å². The second kappa shape index (κ2) is 17.2. The molecule has 29 heavy (non-hydrogen) atoms. The molecule has 0 aliphatic carbocycles. The molecule has 0 aliphatic heterocycles. The van der Waals surface area contributed by atoms with Gasteiger partial charge in [0.2, 0.25) is 5.91 Å². The standard InChI is InChI=1S/C23H38N2O3S/c1-2-3-4-5-6-7-8-9-10-11-12-13-14-15-16-17-21(26)25-23-24-20(19-29-23)18-22(27)28/h9-10,19H,2-8,11-18H2,1H3,(H,27,28)(H,24,25,26)/b10-9+. The number of aromatic nitrogens is 1. The highest BCUT2D eigenvalue weighted by atomic mass is 32.1. The number of carboxylic acids is 1. The van der Waals surface area contributed by atoms with Gasteiger partial charge in [-0.15, -0.1) is 11.3 Å². The number of rotatable bonds is 18. The summed E-state index contributed by atoms with van der Waals surface area (Å²) in [5.74, 6) is -0.958. The fourth-order valence-corrected chi connectivity index (χ4v) is 3.87. The largest absolute Gasteiger partial charge is 0.481 e. The van der Waals surface area contributed by atoms with E-state index in [0.29, 0.717) is 17.2 Å². The first-order valence-electron chi connectivity index (χ1n) is 11.2. The Morgan fingerprint density at radius 2 is 1.55 bits per heavy atom. The molecule has 0 radical (unpaired) electrons. The SMILES string of the molecule is CCCCCCCC/C=C/CCCCCCCC(=O)Nc1nc(CC(=O)O)cs1. The summed E-state index contributed by atoms with van der Waals surface area (Å²) in [4.78, 5) is 26.7. The summed E-state index contributed by atoms with van der Waals surface area (Å²) in [6.07, 6.45) is 21.1. The van der Waals surface area contributed by atoms with Gasteiger partial charge in [0.15, 0.2) is 5.13 Å². The number of allylic oxidation sites excluding steroid dienone is 2. The van der Waals surface area contributed by atoms with Crippen molar-refractivity contribution in [1.82, 2.24) is 4.98 Å². The molecule has 0 saturated heterocycles. The Labute approximate surface area is 180 Å². The molecule has 0 aliphatic rings. The summed E-state index contributed by atoms with van der Waals surface area (Å²) in [5, 5.41) is 13.6. The van der Waals surface area contributed by atoms with E-state index in [2.05, 4.69) is 29.4 Å². The third-order valence-electron chi connectivity index (χ3n) is 4.80. The highest BCUT2D eigenvalue weighted by Crippen LogP contribution is 2.17. The average molecular weight is 423 g/mol. The number of nitrogens with one attached hydrogen (secondary N) is 1. The van der Waals surface area contributed by atoms with Gasteiger partial charge >= 0.3 is 5.97 Å². The predicted octanol–water partition coefficient (Wildman–Crippen LogP) is 6.75. The van der Waals surface area contributed by atoms with Gasteiger partial charge in [0.1, 0.15) is 0 Å². The van der Waals surface area contributed by atoms with Crippen LogP contribution in [0.15, 0.2) is 17.5 Å². The minimum absolute atomic E-state index is 0.0427. The molecule has 164 valence electrons. The summed E-state index contributed by atoms with van der Waals surface area (Å²) in [7, 11) is 0. The maximum atomic E-state index is 11.9. The van der Waals surface area contributed by atoms with Gasteiger partial charge in [0, 0.05) is 11.8 Å². The van der Waals surface area contributed by atoms with Crippen LogP contribution in [0.2, 0.25) is 0 Å². The lowest BCUT2D eigenvalue weighted by Crippen LogP contribution is -2.11. The highest BCUT2D eigenvalue weighted by Gasteiger charge is 2.08. The van der Waals surface area contributed by atoms with Crippen molar-refractivity contribution in [2.45, 2.75) is 103 Å². The van der Waals surface area contributed by atoms with E-state index in [4.69, 9.17) is 5.11 Å². The van der Waals surface area contributed by atoms with Crippen LogP contribution in [0.4, 0.5) is 5.13 Å². The first-order valence-corrected chi connectivity index (χ1v) is 12.1. The van der Waals surface area contributed by atoms with Crippen molar-refractivity contribution in [3.63, 3.8) is 0 Å². The third-order valence-corrected chi connectivity index (χ3v) is 5.60. The van der Waals surface area contributed by atoms with E-state index in [1.165, 1.54) is 82.0 Å². The number of thiazole rings is 1. The Morgan fingerprint density at radius 3 is 2.17 bits per heavy atom. The molecule has 0 aromatic carbocycles. The van der Waals surface area contributed by atoms with E-state index in [-0.39, 0.29) is 12.3 Å². The number of hydrogen-bond donors (Lipinski definition) is 2. The molecule has 0 spiro atoms. The Bertz CT molecular complexity index is 599. The first kappa shape index (κ1) is 25.3. The normalized spacial score (nSPS) is 11.2. The van der Waals surface area contributed by atoms with Crippen LogP contribution in [0.1, 0.15) is 103 Å². The van der Waals surface area contributed by atoms with Crippen molar-refractivity contribution < 1.29 is 14.7 Å². The van der Waals surface area contributed by atoms with Crippen LogP contribution in [0.3, 0.4) is 0 Å². The van der Waals surface area contributed by atoms with Gasteiger partial charge < -0.3 is 10.4 Å². The maximum absolute atomic E-state index is 11.9. The zero-order valence-corrected chi connectivity index (χ0v) is 18.8. The van der Waals surface area contributed by atoms with Crippen LogP contribution < -0.4 is 5.32 Å². The molecule has 2 N–H and O–H groups in total. The fourth-order valence-electron chi connectivity index (χ4n) is 3.14. The molecule has 1 aromatic heterocycles. The third kappa shape index (κ3) is 14.9.